The summed E-state index contributed by atoms with van der Waals surface area (Å²) in [6, 6.07) is 2.59. The Hall–Kier alpha value is -1.45. The van der Waals surface area contributed by atoms with Gasteiger partial charge in [-0.1, -0.05) is 6.07 Å². The van der Waals surface area contributed by atoms with Crippen LogP contribution in [0.3, 0.4) is 0 Å². The molecule has 0 saturated heterocycles. The van der Waals surface area contributed by atoms with Crippen LogP contribution in [-0.4, -0.2) is 27.4 Å². The highest BCUT2D eigenvalue weighted by Crippen LogP contribution is 2.33. The molecule has 0 amide bonds. The minimum Gasteiger partial charge on any atom is -0.266 e. The van der Waals surface area contributed by atoms with Crippen molar-refractivity contribution in [1.29, 1.82) is 0 Å². The van der Waals surface area contributed by atoms with Crippen LogP contribution < -0.4 is 0 Å². The third-order valence-corrected chi connectivity index (χ3v) is 4.16. The van der Waals surface area contributed by atoms with Crippen LogP contribution >= 0.6 is 11.3 Å². The third kappa shape index (κ3) is 3.60. The van der Waals surface area contributed by atoms with Crippen LogP contribution in [0.25, 0.3) is 10.6 Å². The Labute approximate surface area is 123 Å². The van der Waals surface area contributed by atoms with E-state index in [1.165, 1.54) is 12.1 Å². The molecule has 0 saturated carbocycles. The van der Waals surface area contributed by atoms with Crippen molar-refractivity contribution in [3.8, 4) is 10.6 Å². The van der Waals surface area contributed by atoms with Crippen molar-refractivity contribution >= 4 is 11.3 Å². The zero-order chi connectivity index (χ0) is 15.6. The van der Waals surface area contributed by atoms with Gasteiger partial charge in [-0.15, -0.1) is 11.3 Å². The molecular weight excluding hydrogens is 302 g/mol. The molecule has 0 spiro atoms. The van der Waals surface area contributed by atoms with Crippen LogP contribution in [0.5, 0.6) is 0 Å². The van der Waals surface area contributed by atoms with Gasteiger partial charge < -0.3 is 0 Å². The lowest BCUT2D eigenvalue weighted by molar-refractivity contribution is -0.492. The van der Waals surface area contributed by atoms with Gasteiger partial charge in [0, 0.05) is 11.3 Å². The van der Waals surface area contributed by atoms with Gasteiger partial charge in [0.15, 0.2) is 0 Å². The van der Waals surface area contributed by atoms with Crippen molar-refractivity contribution in [2.75, 3.05) is 6.61 Å². The minimum atomic E-state index is -0.661. The SMILES string of the molecule is Cc1ccc(F)c(-c2nc(C)c(CCON(O)O)s2)c1F. The van der Waals surface area contributed by atoms with Gasteiger partial charge in [0.05, 0.1) is 23.3 Å². The van der Waals surface area contributed by atoms with Gasteiger partial charge in [0.25, 0.3) is 0 Å². The van der Waals surface area contributed by atoms with E-state index in [1.54, 1.807) is 13.8 Å². The number of thiazole rings is 1. The number of halogens is 2. The van der Waals surface area contributed by atoms with Crippen molar-refractivity contribution < 1.29 is 24.0 Å². The molecule has 1 aromatic heterocycles. The highest BCUT2D eigenvalue weighted by molar-refractivity contribution is 7.15. The van der Waals surface area contributed by atoms with Crippen LogP contribution in [0.4, 0.5) is 8.78 Å². The summed E-state index contributed by atoms with van der Waals surface area (Å²) in [6.45, 7) is 3.29. The van der Waals surface area contributed by atoms with E-state index >= 15 is 0 Å². The molecule has 2 rings (SSSR count). The highest BCUT2D eigenvalue weighted by atomic mass is 32.1. The second-order valence-electron chi connectivity index (χ2n) is 4.42. The van der Waals surface area contributed by atoms with E-state index in [1.807, 2.05) is 0 Å². The summed E-state index contributed by atoms with van der Waals surface area (Å²) >= 11 is 1.15. The molecule has 0 bridgehead atoms. The van der Waals surface area contributed by atoms with E-state index < -0.39 is 11.6 Å². The van der Waals surface area contributed by atoms with Crippen LogP contribution in [-0.2, 0) is 11.3 Å². The van der Waals surface area contributed by atoms with Gasteiger partial charge >= 0.3 is 0 Å². The molecule has 114 valence electrons. The maximum atomic E-state index is 14.1. The predicted octanol–water partition coefficient (Wildman–Crippen LogP) is 3.26. The lowest BCUT2D eigenvalue weighted by Gasteiger charge is -2.05. The molecule has 0 aliphatic heterocycles. The first kappa shape index (κ1) is 15.9. The second kappa shape index (κ2) is 6.54. The van der Waals surface area contributed by atoms with E-state index in [4.69, 9.17) is 10.4 Å². The van der Waals surface area contributed by atoms with Crippen LogP contribution in [0.2, 0.25) is 0 Å². The fraction of sp³-hybridized carbons (Fsp3) is 0.308. The lowest BCUT2D eigenvalue weighted by Crippen LogP contribution is -2.16. The summed E-state index contributed by atoms with van der Waals surface area (Å²) in [5.41, 5.74) is 0.836. The monoisotopic (exact) mass is 316 g/mol. The summed E-state index contributed by atoms with van der Waals surface area (Å²) in [5, 5.41) is 16.8. The van der Waals surface area contributed by atoms with E-state index in [0.717, 1.165) is 16.2 Å². The smallest absolute Gasteiger partial charge is 0.139 e. The molecule has 8 heteroatoms. The lowest BCUT2D eigenvalue weighted by atomic mass is 10.1. The fourth-order valence-electron chi connectivity index (χ4n) is 1.84. The van der Waals surface area contributed by atoms with Crippen molar-refractivity contribution in [3.63, 3.8) is 0 Å². The quantitative estimate of drug-likeness (QED) is 0.829. The average Bonchev–Trinajstić information content (AvgIpc) is 2.75. The van der Waals surface area contributed by atoms with Crippen LogP contribution in [0.15, 0.2) is 12.1 Å². The summed E-state index contributed by atoms with van der Waals surface area (Å²) in [4.78, 5) is 9.40. The van der Waals surface area contributed by atoms with E-state index in [2.05, 4.69) is 9.82 Å². The molecule has 0 fully saturated rings. The summed E-state index contributed by atoms with van der Waals surface area (Å²) in [6.07, 6.45) is 0.343. The standard InChI is InChI=1S/C13H14F2N2O3S/c1-7-3-4-9(14)11(12(7)15)13-16-8(2)10(21-13)5-6-20-17(18)19/h3-4,18-19H,5-6H2,1-2H3. The minimum absolute atomic E-state index is 0.00819. The van der Waals surface area contributed by atoms with Crippen LogP contribution in [0.1, 0.15) is 16.1 Å². The molecule has 0 radical (unpaired) electrons. The molecule has 0 unspecified atom stereocenters. The summed E-state index contributed by atoms with van der Waals surface area (Å²) in [7, 11) is 0. The van der Waals surface area contributed by atoms with Crippen molar-refractivity contribution in [2.45, 2.75) is 20.3 Å². The summed E-state index contributed by atoms with van der Waals surface area (Å²) < 4.78 is 27.9. The van der Waals surface area contributed by atoms with E-state index in [9.17, 15) is 8.78 Å². The summed E-state index contributed by atoms with van der Waals surface area (Å²) in [5.74, 6) is -1.28. The first-order chi connectivity index (χ1) is 9.90. The number of nitrogens with zero attached hydrogens (tertiary/aromatic N) is 2. The number of aryl methyl sites for hydroxylation is 2. The Morgan fingerprint density at radius 2 is 2.00 bits per heavy atom. The molecule has 1 heterocycles. The molecule has 2 aromatic rings. The maximum Gasteiger partial charge on any atom is 0.139 e. The average molecular weight is 316 g/mol. The maximum absolute atomic E-state index is 14.1. The Balaban J connectivity index is 2.28. The number of hydrogen-bond acceptors (Lipinski definition) is 6. The first-order valence-electron chi connectivity index (χ1n) is 6.12. The highest BCUT2D eigenvalue weighted by Gasteiger charge is 2.18. The normalized spacial score (nSPS) is 11.4. The molecule has 0 aliphatic carbocycles. The predicted molar refractivity (Wildman–Crippen MR) is 72.0 cm³/mol. The Bertz CT molecular complexity index is 647. The number of rotatable bonds is 5. The molecule has 2 N–H and O–H groups in total. The Kier molecular flexibility index (Phi) is 4.96. The first-order valence-corrected chi connectivity index (χ1v) is 6.94. The molecule has 0 aliphatic rings. The van der Waals surface area contributed by atoms with Gasteiger partial charge in [0.2, 0.25) is 0 Å². The molecule has 5 nitrogen and oxygen atoms in total. The zero-order valence-corrected chi connectivity index (χ0v) is 12.2. The van der Waals surface area contributed by atoms with Crippen molar-refractivity contribution in [2.24, 2.45) is 0 Å². The Morgan fingerprint density at radius 3 is 2.67 bits per heavy atom. The largest absolute Gasteiger partial charge is 0.266 e. The van der Waals surface area contributed by atoms with Crippen molar-refractivity contribution in [3.05, 3.63) is 39.9 Å². The number of aromatic nitrogens is 1. The second-order valence-corrected chi connectivity index (χ2v) is 5.50. The number of hydrogen-bond donors (Lipinski definition) is 2. The van der Waals surface area contributed by atoms with E-state index in [0.29, 0.717) is 17.7 Å². The van der Waals surface area contributed by atoms with Gasteiger partial charge in [-0.2, -0.15) is 0 Å². The van der Waals surface area contributed by atoms with Gasteiger partial charge in [0.1, 0.15) is 16.6 Å². The molecular formula is C13H14F2N2O3S. The molecule has 0 atom stereocenters. The Morgan fingerprint density at radius 1 is 1.29 bits per heavy atom. The van der Waals surface area contributed by atoms with Gasteiger partial charge in [-0.05, 0) is 25.5 Å². The third-order valence-electron chi connectivity index (χ3n) is 2.93. The molecule has 21 heavy (non-hydrogen) atoms. The van der Waals surface area contributed by atoms with E-state index in [-0.39, 0.29) is 22.6 Å². The zero-order valence-electron chi connectivity index (χ0n) is 11.4. The van der Waals surface area contributed by atoms with Crippen LogP contribution in [0, 0.1) is 25.5 Å². The number of benzene rings is 1. The van der Waals surface area contributed by atoms with Gasteiger partial charge in [-0.3, -0.25) is 15.3 Å². The fourth-order valence-corrected chi connectivity index (χ4v) is 2.92. The molecule has 1 aromatic carbocycles. The van der Waals surface area contributed by atoms with Crippen molar-refractivity contribution in [1.82, 2.24) is 10.4 Å². The van der Waals surface area contributed by atoms with Gasteiger partial charge in [-0.25, -0.2) is 13.8 Å². The topological polar surface area (TPSA) is 65.8 Å².